The molecule has 0 bridgehead atoms. The van der Waals surface area contributed by atoms with Crippen LogP contribution < -0.4 is 16.0 Å². The molecule has 0 aliphatic carbocycles. The summed E-state index contributed by atoms with van der Waals surface area (Å²) in [4.78, 5) is 36.4. The van der Waals surface area contributed by atoms with Crippen molar-refractivity contribution in [3.05, 3.63) is 66.2 Å². The van der Waals surface area contributed by atoms with Crippen LogP contribution in [0.15, 0.2) is 27.8 Å². The van der Waals surface area contributed by atoms with Gasteiger partial charge >= 0.3 is 16.9 Å². The molecule has 114 valence electrons. The molecule has 2 rings (SSSR count). The predicted octanol–water partition coefficient (Wildman–Crippen LogP) is 1.29. The summed E-state index contributed by atoms with van der Waals surface area (Å²) in [7, 11) is 1.30. The third-order valence-electron chi connectivity index (χ3n) is 2.77. The van der Waals surface area contributed by atoms with Gasteiger partial charge in [-0.1, -0.05) is 12.1 Å². The summed E-state index contributed by atoms with van der Waals surface area (Å²) in [6, 6.07) is 4.34. The Balaban J connectivity index is 2.54. The van der Waals surface area contributed by atoms with E-state index in [2.05, 4.69) is 4.98 Å². The fraction of sp³-hybridized carbons (Fsp3) is 0.0769. The zero-order chi connectivity index (χ0) is 16.3. The number of aromatic nitrogens is 2. The molecule has 1 heterocycles. The maximum absolute atomic E-state index is 13.9. The lowest BCUT2D eigenvalue weighted by molar-refractivity contribution is -0.386. The van der Waals surface area contributed by atoms with Gasteiger partial charge in [-0.3, -0.25) is 19.9 Å². The first-order valence-corrected chi connectivity index (χ1v) is 5.95. The minimum atomic E-state index is -1.14. The molecule has 0 aliphatic rings. The van der Waals surface area contributed by atoms with E-state index in [4.69, 9.17) is 4.74 Å². The van der Waals surface area contributed by atoms with Crippen LogP contribution in [0.5, 0.6) is 5.75 Å². The minimum Gasteiger partial charge on any atom is -0.494 e. The molecular weight excluding hydrogens is 297 g/mol. The highest BCUT2D eigenvalue weighted by molar-refractivity contribution is 5.72. The lowest BCUT2D eigenvalue weighted by Crippen LogP contribution is -2.25. The molecule has 2 N–H and O–H groups in total. The lowest BCUT2D eigenvalue weighted by atomic mass is 10.1. The molecule has 0 radical (unpaired) electrons. The first kappa shape index (κ1) is 15.2. The van der Waals surface area contributed by atoms with Crippen LogP contribution in [-0.2, 0) is 0 Å². The highest BCUT2D eigenvalue weighted by Crippen LogP contribution is 2.22. The number of benzene rings is 1. The molecular formula is C13H10FN3O5. The average Bonchev–Trinajstić information content (AvgIpc) is 2.45. The smallest absolute Gasteiger partial charge is 0.357 e. The first-order chi connectivity index (χ1) is 10.4. The number of hydrogen-bond donors (Lipinski definition) is 2. The van der Waals surface area contributed by atoms with E-state index in [1.807, 2.05) is 0 Å². The van der Waals surface area contributed by atoms with Crippen molar-refractivity contribution in [2.45, 2.75) is 0 Å². The number of nitro groups is 1. The van der Waals surface area contributed by atoms with Gasteiger partial charge in [0.1, 0.15) is 5.69 Å². The van der Waals surface area contributed by atoms with Crippen molar-refractivity contribution in [3.8, 4) is 5.75 Å². The van der Waals surface area contributed by atoms with Crippen molar-refractivity contribution in [1.29, 1.82) is 0 Å². The third-order valence-corrected chi connectivity index (χ3v) is 2.77. The van der Waals surface area contributed by atoms with Crippen LogP contribution in [0.4, 0.5) is 10.1 Å². The Morgan fingerprint density at radius 1 is 1.27 bits per heavy atom. The van der Waals surface area contributed by atoms with Gasteiger partial charge < -0.3 is 9.72 Å². The Morgan fingerprint density at radius 3 is 2.64 bits per heavy atom. The molecule has 1 aromatic carbocycles. The van der Waals surface area contributed by atoms with Gasteiger partial charge in [-0.25, -0.2) is 9.18 Å². The molecule has 0 spiro atoms. The third kappa shape index (κ3) is 2.92. The van der Waals surface area contributed by atoms with Crippen LogP contribution in [0.2, 0.25) is 0 Å². The summed E-state index contributed by atoms with van der Waals surface area (Å²) < 4.78 is 18.8. The van der Waals surface area contributed by atoms with Gasteiger partial charge in [0.15, 0.2) is 11.6 Å². The fourth-order valence-electron chi connectivity index (χ4n) is 1.79. The second-order valence-electron chi connectivity index (χ2n) is 4.12. The Bertz CT molecular complexity index is 869. The monoisotopic (exact) mass is 307 g/mol. The number of nitrogens with one attached hydrogen (secondary N) is 2. The van der Waals surface area contributed by atoms with Crippen molar-refractivity contribution < 1.29 is 14.1 Å². The molecule has 22 heavy (non-hydrogen) atoms. The molecule has 9 heteroatoms. The average molecular weight is 307 g/mol. The van der Waals surface area contributed by atoms with Gasteiger partial charge in [-0.2, -0.15) is 0 Å². The molecule has 0 amide bonds. The van der Waals surface area contributed by atoms with Gasteiger partial charge in [0.05, 0.1) is 12.0 Å². The standard InChI is InChI=1S/C13H10FN3O5/c1-22-9-4-2-3-7(10(9)14)5-6-8-11(17(20)21)12(18)16-13(19)15-8/h2-6H,1H3,(H2,15,16,18,19)/b6-5+. The van der Waals surface area contributed by atoms with Gasteiger partial charge in [0.25, 0.3) is 0 Å². The van der Waals surface area contributed by atoms with E-state index < -0.39 is 27.7 Å². The van der Waals surface area contributed by atoms with Gasteiger partial charge in [0, 0.05) is 5.56 Å². The number of methoxy groups -OCH3 is 1. The number of halogens is 1. The topological polar surface area (TPSA) is 118 Å². The molecule has 2 aromatic rings. The van der Waals surface area contributed by atoms with Crippen LogP contribution in [0, 0.1) is 15.9 Å². The van der Waals surface area contributed by atoms with Crippen LogP contribution >= 0.6 is 0 Å². The predicted molar refractivity (Wildman–Crippen MR) is 76.2 cm³/mol. The van der Waals surface area contributed by atoms with E-state index >= 15 is 0 Å². The van der Waals surface area contributed by atoms with Gasteiger partial charge in [-0.05, 0) is 18.2 Å². The highest BCUT2D eigenvalue weighted by Gasteiger charge is 2.19. The number of rotatable bonds is 4. The van der Waals surface area contributed by atoms with Crippen molar-refractivity contribution in [3.63, 3.8) is 0 Å². The highest BCUT2D eigenvalue weighted by atomic mass is 19.1. The Kier molecular flexibility index (Phi) is 4.16. The van der Waals surface area contributed by atoms with E-state index in [-0.39, 0.29) is 17.0 Å². The number of hydrogen-bond acceptors (Lipinski definition) is 5. The zero-order valence-corrected chi connectivity index (χ0v) is 11.3. The van der Waals surface area contributed by atoms with Gasteiger partial charge in [-0.15, -0.1) is 0 Å². The van der Waals surface area contributed by atoms with E-state index in [0.29, 0.717) is 0 Å². The molecule has 8 nitrogen and oxygen atoms in total. The first-order valence-electron chi connectivity index (χ1n) is 5.95. The quantitative estimate of drug-likeness (QED) is 0.651. The van der Waals surface area contributed by atoms with E-state index in [1.54, 1.807) is 4.98 Å². The maximum Gasteiger partial charge on any atom is 0.357 e. The fourth-order valence-corrected chi connectivity index (χ4v) is 1.79. The summed E-state index contributed by atoms with van der Waals surface area (Å²) in [6.07, 6.45) is 2.27. The largest absolute Gasteiger partial charge is 0.494 e. The SMILES string of the molecule is COc1cccc(/C=C/c2[nH]c(=O)[nH]c(=O)c2[N+](=O)[O-])c1F. The Morgan fingerprint density at radius 2 is 2.00 bits per heavy atom. The molecule has 0 aliphatic heterocycles. The molecule has 0 unspecified atom stereocenters. The number of aromatic amines is 2. The van der Waals surface area contributed by atoms with E-state index in [9.17, 15) is 24.1 Å². The van der Waals surface area contributed by atoms with Crippen LogP contribution in [-0.4, -0.2) is 22.0 Å². The zero-order valence-electron chi connectivity index (χ0n) is 11.3. The second kappa shape index (κ2) is 6.04. The molecule has 0 atom stereocenters. The molecule has 1 aromatic heterocycles. The summed E-state index contributed by atoms with van der Waals surface area (Å²) in [5.74, 6) is -0.674. The summed E-state index contributed by atoms with van der Waals surface area (Å²) in [6.45, 7) is 0. The second-order valence-corrected chi connectivity index (χ2v) is 4.12. The van der Waals surface area contributed by atoms with Crippen molar-refractivity contribution in [2.75, 3.05) is 7.11 Å². The number of ether oxygens (including phenoxy) is 1. The van der Waals surface area contributed by atoms with E-state index in [0.717, 1.165) is 6.08 Å². The van der Waals surface area contributed by atoms with Crippen molar-refractivity contribution in [2.24, 2.45) is 0 Å². The van der Waals surface area contributed by atoms with Crippen molar-refractivity contribution >= 4 is 17.8 Å². The Hall–Kier alpha value is -3.23. The summed E-state index contributed by atoms with van der Waals surface area (Å²) in [5, 5.41) is 10.9. The number of nitrogens with zero attached hydrogens (tertiary/aromatic N) is 1. The van der Waals surface area contributed by atoms with E-state index in [1.165, 1.54) is 31.4 Å². The minimum absolute atomic E-state index is 0.00366. The lowest BCUT2D eigenvalue weighted by Gasteiger charge is -2.03. The van der Waals surface area contributed by atoms with Gasteiger partial charge in [0.2, 0.25) is 0 Å². The molecule has 0 saturated heterocycles. The normalized spacial score (nSPS) is 10.8. The maximum atomic E-state index is 13.9. The van der Waals surface area contributed by atoms with Crippen molar-refractivity contribution in [1.82, 2.24) is 9.97 Å². The number of H-pyrrole nitrogens is 2. The summed E-state index contributed by atoms with van der Waals surface area (Å²) in [5.41, 5.74) is -3.13. The Labute approximate surface area is 122 Å². The van der Waals surface area contributed by atoms with Crippen LogP contribution in [0.1, 0.15) is 11.3 Å². The van der Waals surface area contributed by atoms with Crippen LogP contribution in [0.3, 0.4) is 0 Å². The molecule has 0 fully saturated rings. The summed E-state index contributed by atoms with van der Waals surface area (Å²) >= 11 is 0. The molecule has 0 saturated carbocycles. The van der Waals surface area contributed by atoms with Crippen LogP contribution in [0.25, 0.3) is 12.2 Å².